The largest absolute Gasteiger partial charge is 0.481 e. The van der Waals surface area contributed by atoms with E-state index in [0.29, 0.717) is 0 Å². The van der Waals surface area contributed by atoms with Crippen LogP contribution in [0.2, 0.25) is 0 Å². The zero-order valence-electron chi connectivity index (χ0n) is 7.48. The van der Waals surface area contributed by atoms with Gasteiger partial charge in [-0.25, -0.2) is 0 Å². The number of hydrogen-bond donors (Lipinski definition) is 3. The number of thioether (sulfide) groups is 1. The standard InChI is InChI=1S/C7H13NO4S/c1-4(9)7(12)8-5(2)13-3-6(10)11/h4-5,9H,3H2,1-2H3,(H,8,12)(H,10,11). The summed E-state index contributed by atoms with van der Waals surface area (Å²) in [6.07, 6.45) is -1.06. The third kappa shape index (κ3) is 6.41. The molecule has 0 aliphatic heterocycles. The summed E-state index contributed by atoms with van der Waals surface area (Å²) in [6, 6.07) is 0. The first kappa shape index (κ1) is 12.2. The minimum atomic E-state index is -1.06. The van der Waals surface area contributed by atoms with Crippen molar-refractivity contribution in [3.63, 3.8) is 0 Å². The molecule has 0 radical (unpaired) electrons. The number of aliphatic carboxylic acids is 1. The number of aliphatic hydroxyl groups excluding tert-OH is 1. The van der Waals surface area contributed by atoms with E-state index in [2.05, 4.69) is 5.32 Å². The Labute approximate surface area is 80.5 Å². The van der Waals surface area contributed by atoms with Gasteiger partial charge in [-0.1, -0.05) is 0 Å². The third-order valence-corrected chi connectivity index (χ3v) is 2.21. The summed E-state index contributed by atoms with van der Waals surface area (Å²) in [5.74, 6) is -1.49. The van der Waals surface area contributed by atoms with Crippen LogP contribution >= 0.6 is 11.8 Å². The molecule has 0 aliphatic carbocycles. The van der Waals surface area contributed by atoms with Crippen molar-refractivity contribution in [3.05, 3.63) is 0 Å². The quantitative estimate of drug-likeness (QED) is 0.536. The van der Waals surface area contributed by atoms with Gasteiger partial charge in [-0.05, 0) is 13.8 Å². The van der Waals surface area contributed by atoms with Gasteiger partial charge in [0.1, 0.15) is 6.10 Å². The number of amides is 1. The molecular weight excluding hydrogens is 194 g/mol. The van der Waals surface area contributed by atoms with Crippen LogP contribution in [0.25, 0.3) is 0 Å². The molecule has 0 aromatic rings. The second-order valence-corrected chi connectivity index (χ2v) is 3.86. The van der Waals surface area contributed by atoms with Crippen molar-refractivity contribution in [2.24, 2.45) is 0 Å². The van der Waals surface area contributed by atoms with E-state index in [-0.39, 0.29) is 11.1 Å². The van der Waals surface area contributed by atoms with Crippen LogP contribution in [0.5, 0.6) is 0 Å². The molecule has 2 atom stereocenters. The van der Waals surface area contributed by atoms with Gasteiger partial charge in [-0.2, -0.15) is 0 Å². The van der Waals surface area contributed by atoms with Crippen LogP contribution in [0, 0.1) is 0 Å². The van der Waals surface area contributed by atoms with Crippen LogP contribution in [0.4, 0.5) is 0 Å². The smallest absolute Gasteiger partial charge is 0.313 e. The van der Waals surface area contributed by atoms with Crippen LogP contribution in [0.1, 0.15) is 13.8 Å². The van der Waals surface area contributed by atoms with Gasteiger partial charge in [-0.15, -0.1) is 11.8 Å². The number of carboxylic acids is 1. The second kappa shape index (κ2) is 5.82. The van der Waals surface area contributed by atoms with E-state index in [1.807, 2.05) is 0 Å². The Kier molecular flexibility index (Phi) is 5.48. The molecule has 0 aliphatic rings. The van der Waals surface area contributed by atoms with Gasteiger partial charge in [0.25, 0.3) is 0 Å². The molecule has 6 heteroatoms. The van der Waals surface area contributed by atoms with Crippen LogP contribution < -0.4 is 5.32 Å². The lowest BCUT2D eigenvalue weighted by Crippen LogP contribution is -2.37. The molecule has 0 saturated carbocycles. The van der Waals surface area contributed by atoms with Crippen molar-refractivity contribution in [1.82, 2.24) is 5.32 Å². The van der Waals surface area contributed by atoms with Crippen molar-refractivity contribution in [2.45, 2.75) is 25.3 Å². The van der Waals surface area contributed by atoms with Gasteiger partial charge in [0.2, 0.25) is 5.91 Å². The lowest BCUT2D eigenvalue weighted by Gasteiger charge is -2.13. The maximum atomic E-state index is 10.9. The summed E-state index contributed by atoms with van der Waals surface area (Å²) in [5.41, 5.74) is 0. The zero-order chi connectivity index (χ0) is 10.4. The first-order valence-corrected chi connectivity index (χ1v) is 4.80. The van der Waals surface area contributed by atoms with Gasteiger partial charge in [-0.3, -0.25) is 9.59 Å². The summed E-state index contributed by atoms with van der Waals surface area (Å²) < 4.78 is 0. The molecular formula is C7H13NO4S. The molecule has 13 heavy (non-hydrogen) atoms. The molecule has 0 saturated heterocycles. The fourth-order valence-corrected chi connectivity index (χ4v) is 1.15. The topological polar surface area (TPSA) is 86.6 Å². The average molecular weight is 207 g/mol. The van der Waals surface area contributed by atoms with Crippen LogP contribution in [0.15, 0.2) is 0 Å². The number of rotatable bonds is 5. The maximum absolute atomic E-state index is 10.9. The number of carboxylic acid groups (broad SMARTS) is 1. The fourth-order valence-electron chi connectivity index (χ4n) is 0.559. The maximum Gasteiger partial charge on any atom is 0.313 e. The van der Waals surface area contributed by atoms with Crippen LogP contribution in [-0.4, -0.2) is 39.3 Å². The summed E-state index contributed by atoms with van der Waals surface area (Å²) >= 11 is 1.09. The highest BCUT2D eigenvalue weighted by Gasteiger charge is 2.12. The molecule has 76 valence electrons. The number of aliphatic hydroxyl groups is 1. The molecule has 0 spiro atoms. The molecule has 3 N–H and O–H groups in total. The van der Waals surface area contributed by atoms with E-state index in [1.54, 1.807) is 6.92 Å². The highest BCUT2D eigenvalue weighted by atomic mass is 32.2. The van der Waals surface area contributed by atoms with Crippen LogP contribution in [0.3, 0.4) is 0 Å². The van der Waals surface area contributed by atoms with Crippen LogP contribution in [-0.2, 0) is 9.59 Å². The number of carbonyl (C=O) groups excluding carboxylic acids is 1. The van der Waals surface area contributed by atoms with Gasteiger partial charge < -0.3 is 15.5 Å². The van der Waals surface area contributed by atoms with Crippen molar-refractivity contribution in [2.75, 3.05) is 5.75 Å². The molecule has 0 heterocycles. The van der Waals surface area contributed by atoms with E-state index in [1.165, 1.54) is 6.92 Å². The molecule has 5 nitrogen and oxygen atoms in total. The Morgan fingerprint density at radius 1 is 1.46 bits per heavy atom. The molecule has 0 aromatic heterocycles. The molecule has 0 fully saturated rings. The summed E-state index contributed by atoms with van der Waals surface area (Å²) in [6.45, 7) is 3.01. The van der Waals surface area contributed by atoms with Gasteiger partial charge in [0.05, 0.1) is 11.1 Å². The van der Waals surface area contributed by atoms with Gasteiger partial charge >= 0.3 is 5.97 Å². The summed E-state index contributed by atoms with van der Waals surface area (Å²) in [7, 11) is 0. The number of carbonyl (C=O) groups is 2. The normalized spacial score (nSPS) is 14.7. The van der Waals surface area contributed by atoms with E-state index in [4.69, 9.17) is 10.2 Å². The molecule has 2 unspecified atom stereocenters. The Balaban J connectivity index is 3.68. The Morgan fingerprint density at radius 2 is 2.00 bits per heavy atom. The van der Waals surface area contributed by atoms with E-state index in [9.17, 15) is 9.59 Å². The van der Waals surface area contributed by atoms with E-state index in [0.717, 1.165) is 11.8 Å². The minimum Gasteiger partial charge on any atom is -0.481 e. The summed E-state index contributed by atoms with van der Waals surface area (Å²) in [4.78, 5) is 21.0. The first-order valence-electron chi connectivity index (χ1n) is 3.75. The van der Waals surface area contributed by atoms with E-state index >= 15 is 0 Å². The van der Waals surface area contributed by atoms with Crippen molar-refractivity contribution in [1.29, 1.82) is 0 Å². The van der Waals surface area contributed by atoms with Crippen molar-refractivity contribution < 1.29 is 19.8 Å². The lowest BCUT2D eigenvalue weighted by atomic mass is 10.4. The van der Waals surface area contributed by atoms with Gasteiger partial charge in [0, 0.05) is 0 Å². The summed E-state index contributed by atoms with van der Waals surface area (Å²) in [5, 5.41) is 19.3. The predicted molar refractivity (Wildman–Crippen MR) is 49.4 cm³/mol. The Hall–Kier alpha value is -0.750. The Morgan fingerprint density at radius 3 is 2.38 bits per heavy atom. The highest BCUT2D eigenvalue weighted by molar-refractivity contribution is 8.00. The minimum absolute atomic E-state index is 0.0682. The third-order valence-electron chi connectivity index (χ3n) is 1.18. The monoisotopic (exact) mass is 207 g/mol. The Bertz CT molecular complexity index is 195. The van der Waals surface area contributed by atoms with Crippen molar-refractivity contribution >= 4 is 23.6 Å². The first-order chi connectivity index (χ1) is 5.93. The lowest BCUT2D eigenvalue weighted by molar-refractivity contribution is -0.134. The number of nitrogens with one attached hydrogen (secondary N) is 1. The molecule has 0 aromatic carbocycles. The van der Waals surface area contributed by atoms with Crippen molar-refractivity contribution in [3.8, 4) is 0 Å². The second-order valence-electron chi connectivity index (χ2n) is 2.53. The SMILES string of the molecule is CC(NC(=O)C(C)O)SCC(=O)O. The average Bonchev–Trinajstić information content (AvgIpc) is 2.00. The zero-order valence-corrected chi connectivity index (χ0v) is 8.30. The molecule has 0 bridgehead atoms. The predicted octanol–water partition coefficient (Wildman–Crippen LogP) is -0.353. The number of hydrogen-bond acceptors (Lipinski definition) is 4. The fraction of sp³-hybridized carbons (Fsp3) is 0.714. The molecule has 0 rings (SSSR count). The van der Waals surface area contributed by atoms with E-state index < -0.39 is 18.0 Å². The highest BCUT2D eigenvalue weighted by Crippen LogP contribution is 2.06. The van der Waals surface area contributed by atoms with Gasteiger partial charge in [0.15, 0.2) is 0 Å². The molecule has 1 amide bonds.